The molecule has 1 aromatic carbocycles. The zero-order chi connectivity index (χ0) is 29.3. The molecule has 12 nitrogen and oxygen atoms in total. The molecule has 3 aromatic rings. The maximum Gasteiger partial charge on any atom is 0.226 e. The van der Waals surface area contributed by atoms with Crippen molar-refractivity contribution in [3.63, 3.8) is 0 Å². The molecule has 2 aliphatic heterocycles. The molecule has 1 aliphatic carbocycles. The number of ether oxygens (including phenoxy) is 1. The van der Waals surface area contributed by atoms with Gasteiger partial charge in [-0.2, -0.15) is 9.97 Å². The molecule has 3 aliphatic rings. The number of hydrogen-bond acceptors (Lipinski definition) is 11. The maximum absolute atomic E-state index is 10.8. The third-order valence-corrected chi connectivity index (χ3v) is 10.5. The van der Waals surface area contributed by atoms with Crippen LogP contribution in [0.15, 0.2) is 30.6 Å². The van der Waals surface area contributed by atoms with Crippen molar-refractivity contribution in [2.45, 2.75) is 75.9 Å². The van der Waals surface area contributed by atoms with E-state index in [0.717, 1.165) is 25.1 Å². The van der Waals surface area contributed by atoms with Crippen LogP contribution >= 0.6 is 28.4 Å². The SMILES string of the molecule is CC.OC1C(COP(O)CP(O)O)OC(n2cnc3c(N4CC5(CCCCC5)c5ccccc54)nc(Cl)nc32)C1O. The van der Waals surface area contributed by atoms with E-state index in [1.165, 1.54) is 35.7 Å². The Balaban J connectivity index is 0.00000165. The standard InChI is InChI=1S/C24H30ClN5O7P2.C2H6/c25-23-27-20(29-11-24(8-4-1-5-9-24)14-6-2-3-7-15(14)29)17-21(28-23)30(12-26-17)22-19(32)18(31)16(37-22)10-36-39(35)13-38(33)34;1-2/h2-3,6-7,12,16,18-19,22,31-35H,1,4-5,8-11,13H2;1-2H3. The van der Waals surface area contributed by atoms with Gasteiger partial charge in [0.05, 0.1) is 18.8 Å². The van der Waals surface area contributed by atoms with Crippen molar-refractivity contribution < 1.29 is 34.2 Å². The lowest BCUT2D eigenvalue weighted by atomic mass is 9.71. The molecule has 2 aromatic heterocycles. The summed E-state index contributed by atoms with van der Waals surface area (Å²) in [6.07, 6.45) is 2.60. The summed E-state index contributed by atoms with van der Waals surface area (Å²) in [4.78, 5) is 43.7. The second-order valence-corrected chi connectivity index (χ2v) is 13.5. The average Bonchev–Trinajstić information content (AvgIpc) is 3.61. The lowest BCUT2D eigenvalue weighted by molar-refractivity contribution is -0.0471. The number of para-hydroxylation sites is 1. The van der Waals surface area contributed by atoms with Crippen molar-refractivity contribution in [3.05, 3.63) is 41.4 Å². The third kappa shape index (κ3) is 5.97. The summed E-state index contributed by atoms with van der Waals surface area (Å²) < 4.78 is 12.7. The van der Waals surface area contributed by atoms with Crippen LogP contribution in [0, 0.1) is 0 Å². The molecule has 5 N–H and O–H groups in total. The van der Waals surface area contributed by atoms with Crippen LogP contribution < -0.4 is 4.90 Å². The van der Waals surface area contributed by atoms with Gasteiger partial charge in [0.15, 0.2) is 40.0 Å². The van der Waals surface area contributed by atoms with Crippen LogP contribution in [0.1, 0.15) is 57.7 Å². The van der Waals surface area contributed by atoms with Crippen LogP contribution in [0.25, 0.3) is 11.2 Å². The van der Waals surface area contributed by atoms with Crippen LogP contribution in [0.5, 0.6) is 0 Å². The van der Waals surface area contributed by atoms with Crippen molar-refractivity contribution in [1.29, 1.82) is 0 Å². The number of aromatic nitrogens is 4. The lowest BCUT2D eigenvalue weighted by Crippen LogP contribution is -2.34. The van der Waals surface area contributed by atoms with Gasteiger partial charge in [-0.05, 0) is 36.1 Å². The summed E-state index contributed by atoms with van der Waals surface area (Å²) in [5.41, 5.74) is 3.27. The fraction of sp³-hybridized carbons (Fsp3) is 0.577. The Morgan fingerprint density at radius 3 is 2.54 bits per heavy atom. The Hall–Kier alpha value is -1.56. The Kier molecular flexibility index (Phi) is 9.77. The Morgan fingerprint density at radius 1 is 1.07 bits per heavy atom. The van der Waals surface area contributed by atoms with Crippen molar-refractivity contribution in [3.8, 4) is 0 Å². The number of hydrogen-bond donors (Lipinski definition) is 5. The average molecular weight is 628 g/mol. The predicted molar refractivity (Wildman–Crippen MR) is 157 cm³/mol. The van der Waals surface area contributed by atoms with Gasteiger partial charge >= 0.3 is 0 Å². The van der Waals surface area contributed by atoms with Crippen molar-refractivity contribution >= 4 is 51.0 Å². The first-order chi connectivity index (χ1) is 19.8. The highest BCUT2D eigenvalue weighted by Crippen LogP contribution is 2.52. The molecule has 0 amide bonds. The summed E-state index contributed by atoms with van der Waals surface area (Å²) in [6, 6.07) is 8.38. The van der Waals surface area contributed by atoms with E-state index in [0.29, 0.717) is 17.0 Å². The summed E-state index contributed by atoms with van der Waals surface area (Å²) in [7, 11) is -4.42. The van der Waals surface area contributed by atoms with Gasteiger partial charge < -0.3 is 39.1 Å². The molecule has 1 spiro atoms. The first-order valence-corrected chi connectivity index (χ1v) is 17.0. The van der Waals surface area contributed by atoms with Gasteiger partial charge in [-0.3, -0.25) is 4.57 Å². The molecular formula is C26H36ClN5O7P2. The molecule has 41 heavy (non-hydrogen) atoms. The third-order valence-electron chi connectivity index (χ3n) is 7.92. The van der Waals surface area contributed by atoms with Gasteiger partial charge in [-0.25, -0.2) is 4.98 Å². The first-order valence-electron chi connectivity index (χ1n) is 13.8. The Labute approximate surface area is 245 Å². The van der Waals surface area contributed by atoms with Gasteiger partial charge in [0.2, 0.25) is 5.28 Å². The zero-order valence-electron chi connectivity index (χ0n) is 22.9. The van der Waals surface area contributed by atoms with Gasteiger partial charge in [0.1, 0.15) is 18.3 Å². The van der Waals surface area contributed by atoms with E-state index in [1.807, 2.05) is 19.9 Å². The summed E-state index contributed by atoms with van der Waals surface area (Å²) in [5, 5.41) is 21.4. The minimum atomic E-state index is -2.32. The lowest BCUT2D eigenvalue weighted by Gasteiger charge is -2.34. The van der Waals surface area contributed by atoms with Crippen molar-refractivity contribution in [2.75, 3.05) is 24.0 Å². The fourth-order valence-electron chi connectivity index (χ4n) is 6.13. The molecular weight excluding hydrogens is 592 g/mol. The van der Waals surface area contributed by atoms with E-state index in [9.17, 15) is 15.1 Å². The second kappa shape index (κ2) is 13.0. The van der Waals surface area contributed by atoms with Crippen molar-refractivity contribution in [1.82, 2.24) is 19.5 Å². The molecule has 5 atom stereocenters. The van der Waals surface area contributed by atoms with Crippen molar-refractivity contribution in [2.24, 2.45) is 0 Å². The summed E-state index contributed by atoms with van der Waals surface area (Å²) >= 11 is 6.43. The molecule has 224 valence electrons. The number of anilines is 2. The van der Waals surface area contributed by atoms with Gasteiger partial charge in [-0.15, -0.1) is 0 Å². The monoisotopic (exact) mass is 627 g/mol. The molecule has 15 heteroatoms. The minimum absolute atomic E-state index is 0.0182. The highest BCUT2D eigenvalue weighted by Gasteiger charge is 2.46. The second-order valence-electron chi connectivity index (χ2n) is 10.3. The quantitative estimate of drug-likeness (QED) is 0.189. The zero-order valence-corrected chi connectivity index (χ0v) is 25.5. The van der Waals surface area contributed by atoms with E-state index in [-0.39, 0.29) is 23.2 Å². The molecule has 5 unspecified atom stereocenters. The van der Waals surface area contributed by atoms with Crippen LogP contribution in [0.2, 0.25) is 5.28 Å². The molecule has 0 bridgehead atoms. The van der Waals surface area contributed by atoms with E-state index in [1.54, 1.807) is 0 Å². The number of aliphatic hydroxyl groups is 2. The Bertz CT molecular complexity index is 1340. The largest absolute Gasteiger partial charge is 0.387 e. The number of aliphatic hydroxyl groups excluding tert-OH is 2. The molecule has 1 saturated carbocycles. The van der Waals surface area contributed by atoms with E-state index in [2.05, 4.69) is 38.1 Å². The van der Waals surface area contributed by atoms with Gasteiger partial charge in [-0.1, -0.05) is 51.3 Å². The number of imidazole rings is 1. The summed E-state index contributed by atoms with van der Waals surface area (Å²) in [5.74, 6) is 0.270. The number of nitrogens with zero attached hydrogens (tertiary/aromatic N) is 5. The van der Waals surface area contributed by atoms with E-state index in [4.69, 9.17) is 30.6 Å². The van der Waals surface area contributed by atoms with Crippen LogP contribution in [0.3, 0.4) is 0 Å². The molecule has 1 saturated heterocycles. The normalized spacial score (nSPS) is 25.9. The molecule has 0 radical (unpaired) electrons. The fourth-order valence-corrected chi connectivity index (χ4v) is 7.80. The van der Waals surface area contributed by atoms with Crippen LogP contribution in [-0.2, 0) is 14.7 Å². The maximum atomic E-state index is 10.8. The minimum Gasteiger partial charge on any atom is -0.387 e. The van der Waals surface area contributed by atoms with Crippen LogP contribution in [0.4, 0.5) is 11.5 Å². The highest BCUT2D eigenvalue weighted by atomic mass is 35.5. The number of halogens is 1. The Morgan fingerprint density at radius 2 is 1.80 bits per heavy atom. The predicted octanol–water partition coefficient (Wildman–Crippen LogP) is 4.05. The summed E-state index contributed by atoms with van der Waals surface area (Å²) in [6.45, 7) is 4.51. The van der Waals surface area contributed by atoms with E-state index >= 15 is 0 Å². The number of fused-ring (bicyclic) bond motifs is 3. The van der Waals surface area contributed by atoms with Crippen LogP contribution in [-0.4, -0.2) is 81.8 Å². The number of benzene rings is 1. The highest BCUT2D eigenvalue weighted by molar-refractivity contribution is 7.63. The molecule has 2 fully saturated rings. The van der Waals surface area contributed by atoms with Gasteiger partial charge in [0.25, 0.3) is 0 Å². The molecule has 6 rings (SSSR count). The molecule has 4 heterocycles. The topological polar surface area (TPSA) is 166 Å². The van der Waals surface area contributed by atoms with Gasteiger partial charge in [0, 0.05) is 17.6 Å². The number of rotatable bonds is 7. The first kappa shape index (κ1) is 30.9. The smallest absolute Gasteiger partial charge is 0.226 e. The van der Waals surface area contributed by atoms with E-state index < -0.39 is 41.3 Å².